The van der Waals surface area contributed by atoms with Crippen LogP contribution < -0.4 is 14.2 Å². The largest absolute Gasteiger partial charge is 0.493 e. The Labute approximate surface area is 223 Å². The molecule has 1 aliphatic heterocycles. The Bertz CT molecular complexity index is 1310. The van der Waals surface area contributed by atoms with Gasteiger partial charge in [0.25, 0.3) is 0 Å². The molecular weight excluding hydrogens is 514 g/mol. The molecule has 38 heavy (non-hydrogen) atoms. The molecule has 204 valence electrons. The number of nitrogens with one attached hydrogen (secondary N) is 1. The van der Waals surface area contributed by atoms with Gasteiger partial charge in [0.2, 0.25) is 5.75 Å². The summed E-state index contributed by atoms with van der Waals surface area (Å²) in [4.78, 5) is 17.3. The van der Waals surface area contributed by atoms with Crippen molar-refractivity contribution < 1.29 is 44.2 Å². The van der Waals surface area contributed by atoms with Gasteiger partial charge in [-0.3, -0.25) is 4.79 Å². The molecule has 1 aliphatic rings. The third-order valence-corrected chi connectivity index (χ3v) is 7.58. The molecule has 0 saturated carbocycles. The van der Waals surface area contributed by atoms with E-state index in [4.69, 9.17) is 18.9 Å². The highest BCUT2D eigenvalue weighted by Gasteiger charge is 2.44. The van der Waals surface area contributed by atoms with Gasteiger partial charge in [-0.1, -0.05) is 23.9 Å². The Morgan fingerprint density at radius 3 is 2.32 bits per heavy atom. The van der Waals surface area contributed by atoms with E-state index in [1.165, 1.54) is 33.5 Å². The summed E-state index contributed by atoms with van der Waals surface area (Å²) in [5.41, 5.74) is 1.73. The molecule has 0 amide bonds. The zero-order chi connectivity index (χ0) is 27.6. The molecule has 0 aliphatic carbocycles. The SMILES string of the molecule is COc1cc(C(=O)/C(=C/c2c[nH]c3cc(C)ccc23)S[C@@H]2O[C@H](CO)[C@@H](O)[C@H](O)[C@H]2O)cc(OC)c1OC. The Morgan fingerprint density at radius 2 is 1.71 bits per heavy atom. The highest BCUT2D eigenvalue weighted by Crippen LogP contribution is 2.41. The molecule has 5 atom stereocenters. The number of carbonyl (C=O) groups excluding carboxylic acids is 1. The fourth-order valence-electron chi connectivity index (χ4n) is 4.32. The number of ether oxygens (including phenoxy) is 4. The number of allylic oxidation sites excluding steroid dienone is 1. The molecular formula is C27H31NO9S. The number of rotatable bonds is 9. The van der Waals surface area contributed by atoms with Crippen molar-refractivity contribution in [3.05, 3.63) is 58.1 Å². The van der Waals surface area contributed by atoms with Gasteiger partial charge in [0.05, 0.1) is 32.8 Å². The molecule has 2 aromatic carbocycles. The summed E-state index contributed by atoms with van der Waals surface area (Å²) in [6, 6.07) is 8.91. The Balaban J connectivity index is 1.80. The quantitative estimate of drug-likeness (QED) is 0.200. The third kappa shape index (κ3) is 5.39. The number of aromatic amines is 1. The van der Waals surface area contributed by atoms with Crippen molar-refractivity contribution in [1.29, 1.82) is 0 Å². The van der Waals surface area contributed by atoms with Crippen molar-refractivity contribution in [1.82, 2.24) is 4.98 Å². The van der Waals surface area contributed by atoms with Crippen LogP contribution in [0.4, 0.5) is 0 Å². The average molecular weight is 546 g/mol. The van der Waals surface area contributed by atoms with Crippen LogP contribution in [0.5, 0.6) is 17.2 Å². The number of aliphatic hydroxyl groups excluding tert-OH is 4. The number of ketones is 1. The molecule has 0 unspecified atom stereocenters. The monoisotopic (exact) mass is 545 g/mol. The predicted octanol–water partition coefficient (Wildman–Crippen LogP) is 2.26. The lowest BCUT2D eigenvalue weighted by atomic mass is 10.0. The second-order valence-electron chi connectivity index (χ2n) is 8.86. The number of H-pyrrole nitrogens is 1. The summed E-state index contributed by atoms with van der Waals surface area (Å²) in [5, 5.41) is 41.6. The maximum absolute atomic E-state index is 13.9. The fraction of sp³-hybridized carbons (Fsp3) is 0.370. The zero-order valence-corrected chi connectivity index (χ0v) is 22.2. The maximum Gasteiger partial charge on any atom is 0.203 e. The number of aliphatic hydroxyl groups is 4. The van der Waals surface area contributed by atoms with Crippen molar-refractivity contribution in [3.8, 4) is 17.2 Å². The van der Waals surface area contributed by atoms with Crippen LogP contribution in [0.25, 0.3) is 17.0 Å². The van der Waals surface area contributed by atoms with Gasteiger partial charge in [-0.05, 0) is 36.8 Å². The number of aromatic nitrogens is 1. The van der Waals surface area contributed by atoms with Crippen molar-refractivity contribution in [2.24, 2.45) is 0 Å². The minimum absolute atomic E-state index is 0.171. The summed E-state index contributed by atoms with van der Waals surface area (Å²) >= 11 is 0.879. The molecule has 0 radical (unpaired) electrons. The topological polar surface area (TPSA) is 151 Å². The third-order valence-electron chi connectivity index (χ3n) is 6.40. The smallest absolute Gasteiger partial charge is 0.203 e. The lowest BCUT2D eigenvalue weighted by Gasteiger charge is -2.39. The van der Waals surface area contributed by atoms with Gasteiger partial charge < -0.3 is 44.4 Å². The van der Waals surface area contributed by atoms with Crippen LogP contribution in [0.1, 0.15) is 21.5 Å². The molecule has 4 rings (SSSR count). The van der Waals surface area contributed by atoms with E-state index < -0.39 is 42.2 Å². The van der Waals surface area contributed by atoms with E-state index in [-0.39, 0.29) is 22.0 Å². The number of carbonyl (C=O) groups is 1. The second kappa shape index (κ2) is 11.8. The summed E-state index contributed by atoms with van der Waals surface area (Å²) in [5.74, 6) is 0.461. The van der Waals surface area contributed by atoms with Gasteiger partial charge in [-0.25, -0.2) is 0 Å². The zero-order valence-electron chi connectivity index (χ0n) is 21.4. The average Bonchev–Trinajstić information content (AvgIpc) is 3.32. The molecule has 0 spiro atoms. The van der Waals surface area contributed by atoms with E-state index in [9.17, 15) is 25.2 Å². The standard InChI is InChI=1S/C27H31NO9S/c1-13-5-6-16-15(11-28-17(16)7-13)10-21(38-27-25(33)24(32)23(31)20(12-29)37-27)22(30)14-8-18(34-2)26(36-4)19(9-14)35-3/h5-11,20,23-25,27-29,31-33H,12H2,1-4H3/b21-10-/t20-,23-,24+,25-,27+/m1/s1. The normalized spacial score (nSPS) is 23.9. The molecule has 0 bridgehead atoms. The van der Waals surface area contributed by atoms with Crippen LogP contribution in [0.15, 0.2) is 41.4 Å². The van der Waals surface area contributed by atoms with Crippen molar-refractivity contribution in [3.63, 3.8) is 0 Å². The van der Waals surface area contributed by atoms with Crippen LogP contribution in [0, 0.1) is 6.92 Å². The number of Topliss-reactive ketones (excluding diaryl/α,β-unsaturated/α-hetero) is 1. The Morgan fingerprint density at radius 1 is 1.03 bits per heavy atom. The van der Waals surface area contributed by atoms with E-state index in [1.54, 1.807) is 12.3 Å². The number of benzene rings is 2. The summed E-state index contributed by atoms with van der Waals surface area (Å²) in [7, 11) is 4.35. The highest BCUT2D eigenvalue weighted by atomic mass is 32.2. The van der Waals surface area contributed by atoms with Crippen LogP contribution in [-0.2, 0) is 4.74 Å². The lowest BCUT2D eigenvalue weighted by Crippen LogP contribution is -2.57. The van der Waals surface area contributed by atoms with Crippen LogP contribution in [-0.4, -0.2) is 89.0 Å². The van der Waals surface area contributed by atoms with E-state index in [0.717, 1.165) is 28.2 Å². The first-order chi connectivity index (χ1) is 18.2. The maximum atomic E-state index is 13.9. The van der Waals surface area contributed by atoms with E-state index in [2.05, 4.69) is 4.98 Å². The molecule has 1 saturated heterocycles. The van der Waals surface area contributed by atoms with Crippen molar-refractivity contribution >= 4 is 34.5 Å². The fourth-order valence-corrected chi connectivity index (χ4v) is 5.49. The molecule has 5 N–H and O–H groups in total. The lowest BCUT2D eigenvalue weighted by molar-refractivity contribution is -0.205. The molecule has 1 aromatic heterocycles. The highest BCUT2D eigenvalue weighted by molar-refractivity contribution is 8.04. The number of hydrogen-bond acceptors (Lipinski definition) is 10. The van der Waals surface area contributed by atoms with Crippen LogP contribution >= 0.6 is 11.8 Å². The number of aryl methyl sites for hydroxylation is 1. The summed E-state index contributed by atoms with van der Waals surface area (Å²) < 4.78 is 21.9. The van der Waals surface area contributed by atoms with Crippen molar-refractivity contribution in [2.45, 2.75) is 36.8 Å². The van der Waals surface area contributed by atoms with Gasteiger partial charge in [-0.15, -0.1) is 0 Å². The summed E-state index contributed by atoms with van der Waals surface area (Å²) in [6.45, 7) is 1.40. The Kier molecular flexibility index (Phi) is 8.66. The van der Waals surface area contributed by atoms with Crippen LogP contribution in [0.2, 0.25) is 0 Å². The van der Waals surface area contributed by atoms with Gasteiger partial charge in [0.1, 0.15) is 29.9 Å². The van der Waals surface area contributed by atoms with E-state index in [0.29, 0.717) is 11.3 Å². The Hall–Kier alpha value is -3.06. The van der Waals surface area contributed by atoms with Gasteiger partial charge in [0, 0.05) is 28.2 Å². The number of methoxy groups -OCH3 is 3. The number of hydrogen-bond donors (Lipinski definition) is 5. The van der Waals surface area contributed by atoms with Gasteiger partial charge in [-0.2, -0.15) is 0 Å². The molecule has 10 nitrogen and oxygen atoms in total. The predicted molar refractivity (Wildman–Crippen MR) is 143 cm³/mol. The van der Waals surface area contributed by atoms with E-state index >= 15 is 0 Å². The minimum atomic E-state index is -1.58. The number of fused-ring (bicyclic) bond motifs is 1. The molecule has 11 heteroatoms. The molecule has 2 heterocycles. The minimum Gasteiger partial charge on any atom is -0.493 e. The van der Waals surface area contributed by atoms with Crippen LogP contribution in [0.3, 0.4) is 0 Å². The molecule has 3 aromatic rings. The van der Waals surface area contributed by atoms with E-state index in [1.807, 2.05) is 25.1 Å². The second-order valence-corrected chi connectivity index (χ2v) is 10.0. The first kappa shape index (κ1) is 28.0. The van der Waals surface area contributed by atoms with Crippen molar-refractivity contribution in [2.75, 3.05) is 27.9 Å². The summed E-state index contributed by atoms with van der Waals surface area (Å²) in [6.07, 6.45) is -2.31. The first-order valence-corrected chi connectivity index (χ1v) is 12.7. The first-order valence-electron chi connectivity index (χ1n) is 11.8. The number of thioether (sulfide) groups is 1. The molecule has 1 fully saturated rings. The van der Waals surface area contributed by atoms with Gasteiger partial charge >= 0.3 is 0 Å². The van der Waals surface area contributed by atoms with Gasteiger partial charge in [0.15, 0.2) is 17.3 Å².